The number of nitrogens with zero attached hydrogens (tertiary/aromatic N) is 2. The summed E-state index contributed by atoms with van der Waals surface area (Å²) in [5, 5.41) is 0. The minimum Gasteiger partial charge on any atom is -0.491 e. The summed E-state index contributed by atoms with van der Waals surface area (Å²) >= 11 is 0. The highest BCUT2D eigenvalue weighted by Gasteiger charge is 2.29. The summed E-state index contributed by atoms with van der Waals surface area (Å²) in [7, 11) is -4.03. The molecule has 2 heterocycles. The van der Waals surface area contributed by atoms with E-state index in [1.807, 2.05) is 24.3 Å². The van der Waals surface area contributed by atoms with Gasteiger partial charge in [0, 0.05) is 24.2 Å². The molecule has 0 saturated heterocycles. The molecule has 0 atom stereocenters. The summed E-state index contributed by atoms with van der Waals surface area (Å²) in [5.41, 5.74) is 2.16. The van der Waals surface area contributed by atoms with Crippen molar-refractivity contribution in [3.8, 4) is 5.75 Å². The lowest BCUT2D eigenvalue weighted by Crippen LogP contribution is -2.45. The van der Waals surface area contributed by atoms with E-state index in [0.717, 1.165) is 11.1 Å². The summed E-state index contributed by atoms with van der Waals surface area (Å²) in [4.78, 5) is 26.9. The Bertz CT molecular complexity index is 1210. The maximum atomic E-state index is 12.9. The van der Waals surface area contributed by atoms with Gasteiger partial charge in [-0.05, 0) is 56.5 Å². The minimum atomic E-state index is -4.03. The molecule has 2 amide bonds. The van der Waals surface area contributed by atoms with Crippen LogP contribution in [-0.2, 0) is 34.5 Å². The van der Waals surface area contributed by atoms with Crippen LogP contribution < -0.4 is 9.46 Å². The highest BCUT2D eigenvalue weighted by molar-refractivity contribution is 7.87. The van der Waals surface area contributed by atoms with Crippen LogP contribution in [0.15, 0.2) is 42.5 Å². The van der Waals surface area contributed by atoms with E-state index in [0.29, 0.717) is 30.8 Å². The third-order valence-corrected chi connectivity index (χ3v) is 7.05. The molecule has 4 rings (SSSR count). The number of fused-ring (bicyclic) bond motifs is 2. The van der Waals surface area contributed by atoms with Crippen molar-refractivity contribution in [1.29, 1.82) is 0 Å². The van der Waals surface area contributed by atoms with Gasteiger partial charge in [0.05, 0.1) is 13.1 Å². The highest BCUT2D eigenvalue weighted by atomic mass is 32.2. The topological polar surface area (TPSA) is 105 Å². The van der Waals surface area contributed by atoms with Crippen molar-refractivity contribution in [3.05, 3.63) is 64.7 Å². The molecule has 34 heavy (non-hydrogen) atoms. The standard InChI is InChI=1S/C24H29N3O6S/c1-24(2,3)33-23(29)26-12-13-32-21-9-8-18(14-20(21)15-26)22(28)25-34(30,31)27-11-10-17-6-4-5-7-19(17)16-27/h4-9,14H,10-13,15-16H2,1-3H3,(H,25,28). The molecule has 2 aliphatic rings. The normalized spacial score (nSPS) is 16.5. The molecule has 0 radical (unpaired) electrons. The van der Waals surface area contributed by atoms with Gasteiger partial charge in [-0.25, -0.2) is 9.52 Å². The molecule has 0 saturated carbocycles. The quantitative estimate of drug-likeness (QED) is 0.714. The van der Waals surface area contributed by atoms with E-state index in [1.54, 1.807) is 32.9 Å². The lowest BCUT2D eigenvalue weighted by atomic mass is 10.0. The van der Waals surface area contributed by atoms with Gasteiger partial charge in [-0.3, -0.25) is 4.79 Å². The van der Waals surface area contributed by atoms with Crippen molar-refractivity contribution in [3.63, 3.8) is 0 Å². The van der Waals surface area contributed by atoms with E-state index in [-0.39, 0.29) is 25.3 Å². The van der Waals surface area contributed by atoms with E-state index in [1.165, 1.54) is 15.3 Å². The largest absolute Gasteiger partial charge is 0.491 e. The van der Waals surface area contributed by atoms with Gasteiger partial charge in [0.2, 0.25) is 0 Å². The molecule has 2 aromatic carbocycles. The van der Waals surface area contributed by atoms with Gasteiger partial charge in [-0.2, -0.15) is 12.7 Å². The Balaban J connectivity index is 1.48. The number of amides is 2. The van der Waals surface area contributed by atoms with Crippen molar-refractivity contribution in [2.45, 2.75) is 45.9 Å². The van der Waals surface area contributed by atoms with Gasteiger partial charge in [-0.1, -0.05) is 24.3 Å². The maximum Gasteiger partial charge on any atom is 0.410 e. The van der Waals surface area contributed by atoms with E-state index in [4.69, 9.17) is 9.47 Å². The number of benzene rings is 2. The summed E-state index contributed by atoms with van der Waals surface area (Å²) < 4.78 is 40.4. The van der Waals surface area contributed by atoms with Crippen molar-refractivity contribution >= 4 is 22.2 Å². The zero-order valence-corrected chi connectivity index (χ0v) is 20.4. The third kappa shape index (κ3) is 5.51. The number of hydrogen-bond donors (Lipinski definition) is 1. The Morgan fingerprint density at radius 1 is 1.00 bits per heavy atom. The number of carbonyl (C=O) groups is 2. The van der Waals surface area contributed by atoms with Crippen LogP contribution in [0.5, 0.6) is 5.75 Å². The first-order valence-corrected chi connectivity index (χ1v) is 12.6. The summed E-state index contributed by atoms with van der Waals surface area (Å²) in [5.74, 6) is -0.201. The number of hydrogen-bond acceptors (Lipinski definition) is 6. The van der Waals surface area contributed by atoms with Crippen molar-refractivity contribution in [1.82, 2.24) is 13.9 Å². The van der Waals surface area contributed by atoms with Crippen molar-refractivity contribution < 1.29 is 27.5 Å². The lowest BCUT2D eigenvalue weighted by Gasteiger charge is -2.28. The number of nitrogens with one attached hydrogen (secondary N) is 1. The van der Waals surface area contributed by atoms with Gasteiger partial charge in [0.1, 0.15) is 18.0 Å². The fraction of sp³-hybridized carbons (Fsp3) is 0.417. The highest BCUT2D eigenvalue weighted by Crippen LogP contribution is 2.26. The number of carbonyl (C=O) groups excluding carboxylic acids is 2. The SMILES string of the molecule is CC(C)(C)OC(=O)N1CCOc2ccc(C(=O)NS(=O)(=O)N3CCc4ccccc4C3)cc2C1. The monoisotopic (exact) mass is 487 g/mol. The number of ether oxygens (including phenoxy) is 2. The first-order chi connectivity index (χ1) is 16.0. The average Bonchev–Trinajstić information content (AvgIpc) is 2.99. The Morgan fingerprint density at radius 3 is 2.47 bits per heavy atom. The Kier molecular flexibility index (Phi) is 6.55. The fourth-order valence-electron chi connectivity index (χ4n) is 3.93. The second kappa shape index (κ2) is 9.27. The lowest BCUT2D eigenvalue weighted by molar-refractivity contribution is 0.0225. The molecular formula is C24H29N3O6S. The summed E-state index contributed by atoms with van der Waals surface area (Å²) in [6.45, 7) is 6.66. The van der Waals surface area contributed by atoms with Crippen LogP contribution in [0.3, 0.4) is 0 Å². The molecule has 2 aromatic rings. The summed E-state index contributed by atoms with van der Waals surface area (Å²) in [6.07, 6.45) is 0.105. The molecule has 1 N–H and O–H groups in total. The van der Waals surface area contributed by atoms with Crippen LogP contribution in [-0.4, -0.2) is 54.9 Å². The van der Waals surface area contributed by atoms with Gasteiger partial charge < -0.3 is 14.4 Å². The molecule has 0 aliphatic carbocycles. The Labute approximate surface area is 199 Å². The molecule has 0 spiro atoms. The molecular weight excluding hydrogens is 458 g/mol. The maximum absolute atomic E-state index is 12.9. The first kappa shape index (κ1) is 24.0. The molecule has 0 aromatic heterocycles. The molecule has 2 aliphatic heterocycles. The molecule has 9 nitrogen and oxygen atoms in total. The number of rotatable bonds is 3. The van der Waals surface area contributed by atoms with E-state index < -0.39 is 27.8 Å². The molecule has 0 fully saturated rings. The molecule has 0 unspecified atom stereocenters. The Morgan fingerprint density at radius 2 is 1.74 bits per heavy atom. The van der Waals surface area contributed by atoms with E-state index in [9.17, 15) is 18.0 Å². The second-order valence-corrected chi connectivity index (χ2v) is 11.0. The van der Waals surface area contributed by atoms with Crippen molar-refractivity contribution in [2.24, 2.45) is 0 Å². The van der Waals surface area contributed by atoms with Gasteiger partial charge >= 0.3 is 16.3 Å². The fourth-order valence-corrected chi connectivity index (χ4v) is 5.06. The summed E-state index contributed by atoms with van der Waals surface area (Å²) in [6, 6.07) is 12.3. The molecule has 0 bridgehead atoms. The van der Waals surface area contributed by atoms with Gasteiger partial charge in [0.15, 0.2) is 0 Å². The van der Waals surface area contributed by atoms with E-state index >= 15 is 0 Å². The predicted octanol–water partition coefficient (Wildman–Crippen LogP) is 2.85. The smallest absolute Gasteiger partial charge is 0.410 e. The van der Waals surface area contributed by atoms with Crippen LogP contribution in [0.2, 0.25) is 0 Å². The van der Waals surface area contributed by atoms with Crippen LogP contribution in [0, 0.1) is 0 Å². The van der Waals surface area contributed by atoms with Gasteiger partial charge in [0.25, 0.3) is 5.91 Å². The zero-order chi connectivity index (χ0) is 24.5. The average molecular weight is 488 g/mol. The zero-order valence-electron chi connectivity index (χ0n) is 19.5. The van der Waals surface area contributed by atoms with E-state index in [2.05, 4.69) is 4.72 Å². The predicted molar refractivity (Wildman–Crippen MR) is 126 cm³/mol. The Hall–Kier alpha value is -3.11. The van der Waals surface area contributed by atoms with Crippen LogP contribution in [0.4, 0.5) is 4.79 Å². The third-order valence-electron chi connectivity index (χ3n) is 5.61. The molecule has 182 valence electrons. The minimum absolute atomic E-state index is 0.161. The van der Waals surface area contributed by atoms with Crippen LogP contribution in [0.1, 0.15) is 47.8 Å². The second-order valence-electron chi connectivity index (χ2n) is 9.36. The van der Waals surface area contributed by atoms with Crippen LogP contribution in [0.25, 0.3) is 0 Å². The van der Waals surface area contributed by atoms with Gasteiger partial charge in [-0.15, -0.1) is 0 Å². The first-order valence-electron chi connectivity index (χ1n) is 11.1. The molecule has 10 heteroatoms. The van der Waals surface area contributed by atoms with Crippen LogP contribution >= 0.6 is 0 Å². The van der Waals surface area contributed by atoms with Crippen molar-refractivity contribution in [2.75, 3.05) is 19.7 Å².